The van der Waals surface area contributed by atoms with E-state index in [1.165, 1.54) is 6.20 Å². The summed E-state index contributed by atoms with van der Waals surface area (Å²) in [7, 11) is 1.59. The molecule has 0 saturated heterocycles. The highest BCUT2D eigenvalue weighted by Crippen LogP contribution is 2.16. The number of methoxy groups -OCH3 is 1. The summed E-state index contributed by atoms with van der Waals surface area (Å²) in [5.74, 6) is 0.254. The molecule has 0 aromatic heterocycles. The summed E-state index contributed by atoms with van der Waals surface area (Å²) in [5, 5.41) is 14.7. The summed E-state index contributed by atoms with van der Waals surface area (Å²) in [5.41, 5.74) is 1.34. The molecule has 0 heterocycles. The topological polar surface area (TPSA) is 74.1 Å². The fraction of sp³-hybridized carbons (Fsp3) is 0.0588. The van der Waals surface area contributed by atoms with E-state index >= 15 is 0 Å². The highest BCUT2D eigenvalue weighted by molar-refractivity contribution is 9.10. The van der Waals surface area contributed by atoms with Crippen LogP contribution in [0.4, 0.5) is 11.4 Å². The van der Waals surface area contributed by atoms with E-state index in [4.69, 9.17) is 10.00 Å². The van der Waals surface area contributed by atoms with E-state index in [0.717, 1.165) is 15.9 Å². The van der Waals surface area contributed by atoms with Crippen molar-refractivity contribution in [3.8, 4) is 11.8 Å². The second-order valence-corrected chi connectivity index (χ2v) is 5.42. The van der Waals surface area contributed by atoms with E-state index in [1.807, 2.05) is 6.07 Å². The van der Waals surface area contributed by atoms with Crippen LogP contribution in [0, 0.1) is 11.3 Å². The molecule has 0 bridgehead atoms. The smallest absolute Gasteiger partial charge is 0.267 e. The van der Waals surface area contributed by atoms with E-state index in [9.17, 15) is 4.79 Å². The van der Waals surface area contributed by atoms with Gasteiger partial charge in [0, 0.05) is 22.0 Å². The zero-order chi connectivity index (χ0) is 16.7. The van der Waals surface area contributed by atoms with Crippen molar-refractivity contribution in [1.29, 1.82) is 5.26 Å². The van der Waals surface area contributed by atoms with Gasteiger partial charge in [0.25, 0.3) is 5.91 Å². The Balaban J connectivity index is 2.03. The van der Waals surface area contributed by atoms with Crippen molar-refractivity contribution in [3.63, 3.8) is 0 Å². The van der Waals surface area contributed by atoms with Gasteiger partial charge in [-0.05, 0) is 48.5 Å². The number of carbonyl (C=O) groups excluding carboxylic acids is 1. The number of hydrogen-bond donors (Lipinski definition) is 2. The molecule has 0 unspecified atom stereocenters. The van der Waals surface area contributed by atoms with Crippen LogP contribution < -0.4 is 15.4 Å². The van der Waals surface area contributed by atoms with Crippen molar-refractivity contribution >= 4 is 33.2 Å². The first kappa shape index (κ1) is 16.6. The highest BCUT2D eigenvalue weighted by atomic mass is 79.9. The number of hydrogen-bond acceptors (Lipinski definition) is 4. The Kier molecular flexibility index (Phi) is 5.78. The van der Waals surface area contributed by atoms with E-state index in [2.05, 4.69) is 26.6 Å². The van der Waals surface area contributed by atoms with Crippen LogP contribution in [0.15, 0.2) is 64.8 Å². The minimum atomic E-state index is -0.476. The molecule has 0 saturated carbocycles. The van der Waals surface area contributed by atoms with Gasteiger partial charge < -0.3 is 15.4 Å². The number of benzene rings is 2. The number of anilines is 2. The van der Waals surface area contributed by atoms with Crippen LogP contribution in [0.25, 0.3) is 0 Å². The first-order valence-corrected chi connectivity index (χ1v) is 7.49. The third-order valence-electron chi connectivity index (χ3n) is 2.94. The maximum Gasteiger partial charge on any atom is 0.267 e. The lowest BCUT2D eigenvalue weighted by Gasteiger charge is -2.06. The first-order chi connectivity index (χ1) is 11.1. The summed E-state index contributed by atoms with van der Waals surface area (Å²) < 4.78 is 5.98. The van der Waals surface area contributed by atoms with E-state index in [-0.39, 0.29) is 5.57 Å². The molecular weight excluding hydrogens is 358 g/mol. The number of nitriles is 1. The van der Waals surface area contributed by atoms with Gasteiger partial charge in [-0.1, -0.05) is 15.9 Å². The van der Waals surface area contributed by atoms with Crippen molar-refractivity contribution in [2.24, 2.45) is 0 Å². The van der Waals surface area contributed by atoms with Crippen LogP contribution >= 0.6 is 15.9 Å². The number of amides is 1. The monoisotopic (exact) mass is 371 g/mol. The number of halogens is 1. The maximum absolute atomic E-state index is 12.1. The molecular formula is C17H14BrN3O2. The summed E-state index contributed by atoms with van der Waals surface area (Å²) in [6, 6.07) is 16.1. The minimum absolute atomic E-state index is 0.0243. The lowest BCUT2D eigenvalue weighted by Crippen LogP contribution is -2.14. The Morgan fingerprint density at radius 3 is 2.30 bits per heavy atom. The molecule has 0 radical (unpaired) electrons. The summed E-state index contributed by atoms with van der Waals surface area (Å²) >= 11 is 3.32. The molecule has 2 aromatic carbocycles. The molecule has 0 aliphatic rings. The lowest BCUT2D eigenvalue weighted by molar-refractivity contribution is -0.112. The van der Waals surface area contributed by atoms with Crippen LogP contribution in [0.2, 0.25) is 0 Å². The molecule has 0 spiro atoms. The Labute approximate surface area is 142 Å². The molecule has 5 nitrogen and oxygen atoms in total. The molecule has 0 aliphatic heterocycles. The predicted molar refractivity (Wildman–Crippen MR) is 93.1 cm³/mol. The second kappa shape index (κ2) is 8.01. The number of ether oxygens (including phenoxy) is 1. The van der Waals surface area contributed by atoms with Gasteiger partial charge in [-0.2, -0.15) is 5.26 Å². The molecule has 2 rings (SSSR count). The normalized spacial score (nSPS) is 10.6. The van der Waals surface area contributed by atoms with Gasteiger partial charge in [0.05, 0.1) is 7.11 Å². The fourth-order valence-electron chi connectivity index (χ4n) is 1.72. The van der Waals surface area contributed by atoms with Crippen LogP contribution in [-0.4, -0.2) is 13.0 Å². The number of carbonyl (C=O) groups is 1. The molecule has 23 heavy (non-hydrogen) atoms. The van der Waals surface area contributed by atoms with E-state index < -0.39 is 5.91 Å². The Morgan fingerprint density at radius 2 is 1.74 bits per heavy atom. The molecule has 0 atom stereocenters. The van der Waals surface area contributed by atoms with Crippen molar-refractivity contribution < 1.29 is 9.53 Å². The maximum atomic E-state index is 12.1. The van der Waals surface area contributed by atoms with Gasteiger partial charge >= 0.3 is 0 Å². The average molecular weight is 372 g/mol. The van der Waals surface area contributed by atoms with Gasteiger partial charge in [0.2, 0.25) is 0 Å². The third kappa shape index (κ3) is 4.87. The first-order valence-electron chi connectivity index (χ1n) is 6.70. The second-order valence-electron chi connectivity index (χ2n) is 4.50. The van der Waals surface area contributed by atoms with Gasteiger partial charge in [-0.15, -0.1) is 0 Å². The fourth-order valence-corrected chi connectivity index (χ4v) is 1.99. The minimum Gasteiger partial charge on any atom is -0.497 e. The Bertz CT molecular complexity index is 747. The van der Waals surface area contributed by atoms with Crippen molar-refractivity contribution in [1.82, 2.24) is 0 Å². The molecule has 2 N–H and O–H groups in total. The zero-order valence-electron chi connectivity index (χ0n) is 12.3. The van der Waals surface area contributed by atoms with E-state index in [0.29, 0.717) is 5.69 Å². The third-order valence-corrected chi connectivity index (χ3v) is 3.47. The average Bonchev–Trinajstić information content (AvgIpc) is 2.58. The number of rotatable bonds is 5. The van der Waals surface area contributed by atoms with Crippen molar-refractivity contribution in [2.75, 3.05) is 17.7 Å². The van der Waals surface area contributed by atoms with Gasteiger partial charge in [0.15, 0.2) is 0 Å². The SMILES string of the molecule is COc1ccc(N/C=C(/C#N)C(=O)Nc2ccc(Br)cc2)cc1. The molecule has 6 heteroatoms. The van der Waals surface area contributed by atoms with E-state index in [1.54, 1.807) is 55.6 Å². The standard InChI is InChI=1S/C17H14BrN3O2/c1-23-16-8-6-14(7-9-16)20-11-12(10-19)17(22)21-15-4-2-13(18)3-5-15/h2-9,11,20H,1H3,(H,21,22)/b12-11-. The van der Waals surface area contributed by atoms with Gasteiger partial charge in [-0.3, -0.25) is 4.79 Å². The number of nitrogens with zero attached hydrogens (tertiary/aromatic N) is 1. The molecule has 0 fully saturated rings. The van der Waals surface area contributed by atoms with Gasteiger partial charge in [-0.25, -0.2) is 0 Å². The van der Waals surface area contributed by atoms with Crippen LogP contribution in [0.5, 0.6) is 5.75 Å². The molecule has 2 aromatic rings. The van der Waals surface area contributed by atoms with Gasteiger partial charge in [0.1, 0.15) is 17.4 Å². The van der Waals surface area contributed by atoms with Crippen molar-refractivity contribution in [3.05, 3.63) is 64.8 Å². The van der Waals surface area contributed by atoms with Crippen LogP contribution in [0.3, 0.4) is 0 Å². The van der Waals surface area contributed by atoms with Crippen molar-refractivity contribution in [2.45, 2.75) is 0 Å². The van der Waals surface area contributed by atoms with Crippen LogP contribution in [-0.2, 0) is 4.79 Å². The highest BCUT2D eigenvalue weighted by Gasteiger charge is 2.09. The summed E-state index contributed by atoms with van der Waals surface area (Å²) in [6.07, 6.45) is 1.37. The summed E-state index contributed by atoms with van der Waals surface area (Å²) in [4.78, 5) is 12.1. The lowest BCUT2D eigenvalue weighted by atomic mass is 10.2. The molecule has 1 amide bonds. The largest absolute Gasteiger partial charge is 0.497 e. The zero-order valence-corrected chi connectivity index (χ0v) is 13.9. The Morgan fingerprint density at radius 1 is 1.13 bits per heavy atom. The summed E-state index contributed by atoms with van der Waals surface area (Å²) in [6.45, 7) is 0. The quantitative estimate of drug-likeness (QED) is 0.616. The molecule has 0 aliphatic carbocycles. The Hall–Kier alpha value is -2.78. The molecule has 116 valence electrons. The van der Waals surface area contributed by atoms with Crippen LogP contribution in [0.1, 0.15) is 0 Å². The number of nitrogens with one attached hydrogen (secondary N) is 2. The predicted octanol–water partition coefficient (Wildman–Crippen LogP) is 3.92.